The lowest BCUT2D eigenvalue weighted by molar-refractivity contribution is -0.505. The summed E-state index contributed by atoms with van der Waals surface area (Å²) in [5.74, 6) is -28.7. The Balaban J connectivity index is 0.000000498. The van der Waals surface area contributed by atoms with Crippen LogP contribution >= 0.6 is 23.2 Å². The van der Waals surface area contributed by atoms with E-state index in [1.807, 2.05) is 12.1 Å². The van der Waals surface area contributed by atoms with Crippen molar-refractivity contribution >= 4 is 34.6 Å². The van der Waals surface area contributed by atoms with Gasteiger partial charge in [-0.15, -0.1) is 0 Å². The molecule has 0 aliphatic carbocycles. The summed E-state index contributed by atoms with van der Waals surface area (Å²) < 4.78 is 191. The molecule has 0 amide bonds. The zero-order valence-corrected chi connectivity index (χ0v) is 32.0. The van der Waals surface area contributed by atoms with Gasteiger partial charge in [0.2, 0.25) is 0 Å². The number of alkyl halides is 12. The van der Waals surface area contributed by atoms with Gasteiger partial charge < -0.3 is 20.9 Å². The summed E-state index contributed by atoms with van der Waals surface area (Å²) in [6, 6.07) is 35.5. The van der Waals surface area contributed by atoms with Gasteiger partial charge in [0, 0.05) is 11.1 Å². The SMILES string of the molecule is Nc1c(Oc2ccccc2)ccc(C(F)(F)C(F)(OC(F)(C(F)(F)F)C(F)(F)c2ccc(Oc3ccccc3)c(N)c2Cl)C(F)(F)F)c1Cl.c1ccc(-c2ccccc2)cc1. The predicted molar refractivity (Wildman–Crippen MR) is 205 cm³/mol. The first kappa shape index (κ1) is 46.3. The van der Waals surface area contributed by atoms with Crippen molar-refractivity contribution in [2.75, 3.05) is 11.5 Å². The van der Waals surface area contributed by atoms with Crippen LogP contribution in [0.15, 0.2) is 146 Å². The van der Waals surface area contributed by atoms with Crippen molar-refractivity contribution in [2.24, 2.45) is 0 Å². The smallest absolute Gasteiger partial charge is 0.455 e. The van der Waals surface area contributed by atoms with Crippen LogP contribution in [0.2, 0.25) is 10.0 Å². The number of rotatable bonds is 11. The number of nitrogen functional groups attached to an aromatic ring is 2. The molecule has 0 heterocycles. The summed E-state index contributed by atoms with van der Waals surface area (Å²) >= 11 is 11.4. The second-order valence-electron chi connectivity index (χ2n) is 12.7. The second kappa shape index (κ2) is 17.7. The fourth-order valence-corrected chi connectivity index (χ4v) is 6.00. The lowest BCUT2D eigenvalue weighted by Crippen LogP contribution is -2.66. The number of halogens is 14. The lowest BCUT2D eigenvalue weighted by atomic mass is 9.96. The average molecular weight is 908 g/mol. The number of hydrogen-bond donors (Lipinski definition) is 2. The van der Waals surface area contributed by atoms with Crippen LogP contribution in [0.3, 0.4) is 0 Å². The quantitative estimate of drug-likeness (QED) is 0.1000. The topological polar surface area (TPSA) is 79.7 Å². The molecule has 6 aromatic carbocycles. The first-order valence-electron chi connectivity index (χ1n) is 17.2. The van der Waals surface area contributed by atoms with E-state index in [0.717, 1.165) is 0 Å². The summed E-state index contributed by atoms with van der Waals surface area (Å²) in [6.45, 7) is 0. The molecule has 61 heavy (non-hydrogen) atoms. The molecule has 2 atom stereocenters. The molecular weight excluding hydrogens is 879 g/mol. The largest absolute Gasteiger partial charge is 0.455 e. The van der Waals surface area contributed by atoms with Crippen molar-refractivity contribution < 1.29 is 66.9 Å². The molecule has 322 valence electrons. The first-order valence-corrected chi connectivity index (χ1v) is 17.9. The van der Waals surface area contributed by atoms with E-state index >= 15 is 26.3 Å². The van der Waals surface area contributed by atoms with Crippen LogP contribution in [0.1, 0.15) is 11.1 Å². The van der Waals surface area contributed by atoms with E-state index in [1.54, 1.807) is 0 Å². The van der Waals surface area contributed by atoms with Crippen LogP contribution in [0.4, 0.5) is 64.1 Å². The summed E-state index contributed by atoms with van der Waals surface area (Å²) in [5, 5.41) is -3.28. The standard InChI is InChI=1S/C30H18Cl2F12N2O3.C12H10/c31-21-17(11-13-19(23(21)45)47-15-7-3-1-4-8-15)25(33,34)27(37,29(39,40)41)49-28(38,30(42,43)44)26(35,36)18-12-14-20(24(46)22(18)32)48-16-9-5-2-6-10-16;1-3-7-11(8-4-1)12-9-5-2-6-10-12/h1-14H,45-46H2;1-10H. The molecule has 0 aliphatic rings. The Hall–Kier alpha value is -5.78. The lowest BCUT2D eigenvalue weighted by Gasteiger charge is -2.42. The zero-order valence-electron chi connectivity index (χ0n) is 30.5. The Morgan fingerprint density at radius 1 is 0.377 bits per heavy atom. The average Bonchev–Trinajstić information content (AvgIpc) is 3.22. The third kappa shape index (κ3) is 9.28. The molecule has 0 fully saturated rings. The Kier molecular flexibility index (Phi) is 13.4. The van der Waals surface area contributed by atoms with Crippen molar-refractivity contribution in [3.8, 4) is 34.1 Å². The monoisotopic (exact) mass is 906 g/mol. The molecule has 5 nitrogen and oxygen atoms in total. The van der Waals surface area contributed by atoms with E-state index in [4.69, 9.17) is 44.1 Å². The summed E-state index contributed by atoms with van der Waals surface area (Å²) in [4.78, 5) is 0. The number of anilines is 2. The molecule has 0 aromatic heterocycles. The zero-order chi connectivity index (χ0) is 45.0. The molecule has 6 aromatic rings. The van der Waals surface area contributed by atoms with E-state index in [1.165, 1.54) is 71.8 Å². The molecule has 0 saturated heterocycles. The molecule has 0 aliphatic heterocycles. The van der Waals surface area contributed by atoms with Crippen molar-refractivity contribution in [1.29, 1.82) is 0 Å². The Bertz CT molecular complexity index is 2240. The highest BCUT2D eigenvalue weighted by Gasteiger charge is 2.84. The Morgan fingerprint density at radius 3 is 0.934 bits per heavy atom. The summed E-state index contributed by atoms with van der Waals surface area (Å²) in [5.41, 5.74) is 6.81. The molecule has 4 N–H and O–H groups in total. The highest BCUT2D eigenvalue weighted by atomic mass is 35.5. The number of hydrogen-bond acceptors (Lipinski definition) is 5. The minimum absolute atomic E-state index is 0.0168. The van der Waals surface area contributed by atoms with Gasteiger partial charge in [0.05, 0.1) is 21.4 Å². The molecule has 0 radical (unpaired) electrons. The number of ether oxygens (including phenoxy) is 3. The van der Waals surface area contributed by atoms with Crippen LogP contribution in [0.25, 0.3) is 11.1 Å². The molecule has 0 saturated carbocycles. The van der Waals surface area contributed by atoms with Crippen LogP contribution in [0, 0.1) is 0 Å². The third-order valence-electron chi connectivity index (χ3n) is 8.60. The molecule has 0 spiro atoms. The van der Waals surface area contributed by atoms with Crippen LogP contribution in [0.5, 0.6) is 23.0 Å². The fourth-order valence-electron chi connectivity index (χ4n) is 5.45. The van der Waals surface area contributed by atoms with Gasteiger partial charge in [-0.3, -0.25) is 4.74 Å². The number of nitrogens with two attached hydrogens (primary N) is 2. The second-order valence-corrected chi connectivity index (χ2v) is 13.4. The summed E-state index contributed by atoms with van der Waals surface area (Å²) in [6.07, 6.45) is -14.7. The molecule has 2 unspecified atom stereocenters. The first-order chi connectivity index (χ1) is 28.5. The van der Waals surface area contributed by atoms with Gasteiger partial charge in [0.15, 0.2) is 11.5 Å². The van der Waals surface area contributed by atoms with Gasteiger partial charge in [-0.2, -0.15) is 52.7 Å². The van der Waals surface area contributed by atoms with Crippen LogP contribution < -0.4 is 20.9 Å². The molecule has 0 bridgehead atoms. The van der Waals surface area contributed by atoms with Gasteiger partial charge in [0.1, 0.15) is 11.5 Å². The normalized spacial score (nSPS) is 14.2. The van der Waals surface area contributed by atoms with Gasteiger partial charge in [-0.1, -0.05) is 120 Å². The highest BCUT2D eigenvalue weighted by molar-refractivity contribution is 6.34. The Labute approximate surface area is 349 Å². The Morgan fingerprint density at radius 2 is 0.656 bits per heavy atom. The minimum atomic E-state index is -7.37. The maximum atomic E-state index is 15.7. The molecule has 19 heteroatoms. The minimum Gasteiger partial charge on any atom is -0.455 e. The van der Waals surface area contributed by atoms with Crippen LogP contribution in [-0.2, 0) is 16.6 Å². The van der Waals surface area contributed by atoms with E-state index in [0.29, 0.717) is 12.1 Å². The van der Waals surface area contributed by atoms with Gasteiger partial charge >= 0.3 is 35.9 Å². The van der Waals surface area contributed by atoms with E-state index in [-0.39, 0.29) is 23.6 Å². The maximum absolute atomic E-state index is 15.7. The van der Waals surface area contributed by atoms with Crippen LogP contribution in [-0.4, -0.2) is 24.1 Å². The van der Waals surface area contributed by atoms with Gasteiger partial charge in [-0.05, 0) is 59.7 Å². The van der Waals surface area contributed by atoms with E-state index in [2.05, 4.69) is 53.3 Å². The molecular formula is C42H28Cl2F12N2O3. The maximum Gasteiger partial charge on any atom is 0.455 e. The van der Waals surface area contributed by atoms with Crippen molar-refractivity contribution in [2.45, 2.75) is 35.9 Å². The van der Waals surface area contributed by atoms with Crippen molar-refractivity contribution in [3.05, 3.63) is 167 Å². The number of para-hydroxylation sites is 2. The number of benzene rings is 6. The van der Waals surface area contributed by atoms with E-state index in [9.17, 15) is 26.3 Å². The van der Waals surface area contributed by atoms with Gasteiger partial charge in [-0.25, -0.2) is 0 Å². The predicted octanol–water partition coefficient (Wildman–Crippen LogP) is 14.5. The third-order valence-corrected chi connectivity index (χ3v) is 9.41. The fraction of sp³-hybridized carbons (Fsp3) is 0.143. The van der Waals surface area contributed by atoms with E-state index < -0.39 is 80.0 Å². The molecule has 6 rings (SSSR count). The van der Waals surface area contributed by atoms with Gasteiger partial charge in [0.25, 0.3) is 0 Å². The summed E-state index contributed by atoms with van der Waals surface area (Å²) in [7, 11) is 0. The highest BCUT2D eigenvalue weighted by Crippen LogP contribution is 2.62. The van der Waals surface area contributed by atoms with Crippen molar-refractivity contribution in [1.82, 2.24) is 0 Å². The van der Waals surface area contributed by atoms with Crippen molar-refractivity contribution in [3.63, 3.8) is 0 Å².